The fraction of sp³-hybridized carbons (Fsp3) is 0.133. The first kappa shape index (κ1) is 18.5. The fourth-order valence-corrected chi connectivity index (χ4v) is 2.56. The Kier molecular flexibility index (Phi) is 5.68. The van der Waals surface area contributed by atoms with Crippen LogP contribution in [-0.2, 0) is 12.8 Å². The van der Waals surface area contributed by atoms with Crippen LogP contribution in [0.15, 0.2) is 40.9 Å². The highest BCUT2D eigenvalue weighted by Crippen LogP contribution is 2.34. The van der Waals surface area contributed by atoms with E-state index in [0.29, 0.717) is 10.8 Å². The number of halogens is 4. The van der Waals surface area contributed by atoms with Gasteiger partial charge in [-0.05, 0) is 29.7 Å². The summed E-state index contributed by atoms with van der Waals surface area (Å²) < 4.78 is 44.9. The van der Waals surface area contributed by atoms with Crippen molar-refractivity contribution in [1.29, 1.82) is 0 Å². The van der Waals surface area contributed by atoms with E-state index in [1.54, 1.807) is 0 Å². The van der Waals surface area contributed by atoms with Crippen LogP contribution in [-0.4, -0.2) is 23.5 Å². The zero-order valence-electron chi connectivity index (χ0n) is 12.0. The molecule has 24 heavy (non-hydrogen) atoms. The van der Waals surface area contributed by atoms with Crippen LogP contribution in [0.5, 0.6) is 5.75 Å². The van der Waals surface area contributed by atoms with Crippen molar-refractivity contribution in [3.8, 4) is 5.75 Å². The van der Waals surface area contributed by atoms with Crippen molar-refractivity contribution in [2.75, 3.05) is 0 Å². The van der Waals surface area contributed by atoms with Gasteiger partial charge in [0.1, 0.15) is 12.4 Å². The lowest BCUT2D eigenvalue weighted by Crippen LogP contribution is -2.33. The first-order chi connectivity index (χ1) is 11.2. The number of hydrogen-bond acceptors (Lipinski definition) is 4. The molecule has 0 saturated heterocycles. The van der Waals surface area contributed by atoms with Gasteiger partial charge < -0.3 is 14.8 Å². The fourth-order valence-electron chi connectivity index (χ4n) is 2.15. The Morgan fingerprint density at radius 2 is 1.92 bits per heavy atom. The van der Waals surface area contributed by atoms with Crippen LogP contribution < -0.4 is 10.2 Å². The number of aldehydes is 1. The lowest BCUT2D eigenvalue weighted by Gasteiger charge is -2.15. The monoisotopic (exact) mass is 402 g/mol. The van der Waals surface area contributed by atoms with E-state index < -0.39 is 25.5 Å². The van der Waals surface area contributed by atoms with Crippen LogP contribution in [0.4, 0.5) is 13.2 Å². The summed E-state index contributed by atoms with van der Waals surface area (Å²) in [5.41, 5.74) is -1.19. The molecule has 0 radical (unpaired) electrons. The summed E-state index contributed by atoms with van der Waals surface area (Å²) in [6.07, 6.45) is -4.19. The third-order valence-electron chi connectivity index (χ3n) is 3.25. The van der Waals surface area contributed by atoms with Crippen molar-refractivity contribution in [3.63, 3.8) is 0 Å². The first-order valence-electron chi connectivity index (χ1n) is 6.66. The van der Waals surface area contributed by atoms with Gasteiger partial charge in [-0.3, -0.25) is 4.79 Å². The van der Waals surface area contributed by atoms with Crippen molar-refractivity contribution in [3.05, 3.63) is 57.6 Å². The molecule has 4 nitrogen and oxygen atoms in total. The lowest BCUT2D eigenvalue weighted by atomic mass is 9.77. The number of alkyl halides is 3. The van der Waals surface area contributed by atoms with Crippen LogP contribution in [0, 0.1) is 0 Å². The Morgan fingerprint density at radius 3 is 2.50 bits per heavy atom. The molecule has 0 spiro atoms. The van der Waals surface area contributed by atoms with Crippen LogP contribution >= 0.6 is 15.9 Å². The summed E-state index contributed by atoms with van der Waals surface area (Å²) in [4.78, 5) is 11.2. The van der Waals surface area contributed by atoms with E-state index in [0.717, 1.165) is 6.07 Å². The highest BCUT2D eigenvalue weighted by atomic mass is 79.9. The van der Waals surface area contributed by atoms with Gasteiger partial charge in [0.2, 0.25) is 0 Å². The molecule has 0 heterocycles. The minimum Gasteiger partial charge on any atom is -0.488 e. The number of rotatable bonds is 5. The number of carbonyl (C=O) groups excluding carboxylic acids is 1. The quantitative estimate of drug-likeness (QED) is 0.595. The molecule has 0 saturated carbocycles. The highest BCUT2D eigenvalue weighted by molar-refractivity contribution is 9.10. The molecule has 9 heteroatoms. The molecule has 126 valence electrons. The van der Waals surface area contributed by atoms with Crippen molar-refractivity contribution in [1.82, 2.24) is 0 Å². The van der Waals surface area contributed by atoms with Gasteiger partial charge in [0.25, 0.3) is 0 Å². The molecule has 0 aromatic heterocycles. The number of carbonyl (C=O) groups is 1. The van der Waals surface area contributed by atoms with Crippen LogP contribution in [0.1, 0.15) is 21.5 Å². The molecular weight excluding hydrogens is 392 g/mol. The van der Waals surface area contributed by atoms with E-state index in [1.165, 1.54) is 30.3 Å². The molecule has 0 amide bonds. The molecule has 2 rings (SSSR count). The molecule has 2 aromatic carbocycles. The van der Waals surface area contributed by atoms with Crippen molar-refractivity contribution >= 4 is 34.8 Å². The summed E-state index contributed by atoms with van der Waals surface area (Å²) in [5.74, 6) is -0.0382. The lowest BCUT2D eigenvalue weighted by molar-refractivity contribution is -0.138. The standard InChI is InChI=1S/C15H11BBrF3O4/c17-10-4-5-12(15(18,19)20)9(6-10)8-24-14-3-1-2-13(16(22)23)11(14)7-21/h1-7,22-23H,8H2. The summed E-state index contributed by atoms with van der Waals surface area (Å²) in [7, 11) is -1.90. The SMILES string of the molecule is O=Cc1c(OCc2cc(Br)ccc2C(F)(F)F)cccc1B(O)O. The molecule has 0 atom stereocenters. The summed E-state index contributed by atoms with van der Waals surface area (Å²) in [6.45, 7) is -0.444. The van der Waals surface area contributed by atoms with E-state index in [2.05, 4.69) is 15.9 Å². The van der Waals surface area contributed by atoms with E-state index >= 15 is 0 Å². The second kappa shape index (κ2) is 7.37. The molecule has 0 fully saturated rings. The molecular formula is C15H11BBrF3O4. The Labute approximate surface area is 144 Å². The van der Waals surface area contributed by atoms with Gasteiger partial charge in [0.15, 0.2) is 6.29 Å². The van der Waals surface area contributed by atoms with Crippen molar-refractivity contribution in [2.24, 2.45) is 0 Å². The number of ether oxygens (including phenoxy) is 1. The largest absolute Gasteiger partial charge is 0.489 e. The predicted octanol–water partition coefficient (Wildman–Crippen LogP) is 2.54. The Hall–Kier alpha value is -1.84. The Balaban J connectivity index is 2.34. The smallest absolute Gasteiger partial charge is 0.488 e. The average Bonchev–Trinajstić information content (AvgIpc) is 2.51. The Morgan fingerprint density at radius 1 is 1.21 bits per heavy atom. The maximum absolute atomic E-state index is 13.0. The number of hydrogen-bond donors (Lipinski definition) is 2. The van der Waals surface area contributed by atoms with E-state index in [9.17, 15) is 28.0 Å². The second-order valence-corrected chi connectivity index (χ2v) is 5.75. The highest BCUT2D eigenvalue weighted by Gasteiger charge is 2.33. The molecule has 0 unspecified atom stereocenters. The van der Waals surface area contributed by atoms with E-state index in [-0.39, 0.29) is 22.3 Å². The molecule has 0 bridgehead atoms. The molecule has 0 aliphatic rings. The second-order valence-electron chi connectivity index (χ2n) is 4.84. The average molecular weight is 403 g/mol. The van der Waals surface area contributed by atoms with Gasteiger partial charge in [-0.15, -0.1) is 0 Å². The van der Waals surface area contributed by atoms with Gasteiger partial charge >= 0.3 is 13.3 Å². The molecule has 2 N–H and O–H groups in total. The zero-order valence-corrected chi connectivity index (χ0v) is 13.6. The van der Waals surface area contributed by atoms with Gasteiger partial charge in [-0.25, -0.2) is 0 Å². The predicted molar refractivity (Wildman–Crippen MR) is 85.1 cm³/mol. The molecule has 2 aromatic rings. The van der Waals surface area contributed by atoms with Gasteiger partial charge in [0.05, 0.1) is 11.1 Å². The molecule has 0 aliphatic heterocycles. The topological polar surface area (TPSA) is 66.8 Å². The van der Waals surface area contributed by atoms with Crippen LogP contribution in [0.3, 0.4) is 0 Å². The maximum Gasteiger partial charge on any atom is 0.489 e. The minimum atomic E-state index is -4.55. The number of benzene rings is 2. The third-order valence-corrected chi connectivity index (χ3v) is 3.74. The van der Waals surface area contributed by atoms with E-state index in [1.807, 2.05) is 0 Å². The third kappa shape index (κ3) is 4.17. The summed E-state index contributed by atoms with van der Waals surface area (Å²) >= 11 is 3.10. The van der Waals surface area contributed by atoms with Crippen molar-refractivity contribution in [2.45, 2.75) is 12.8 Å². The van der Waals surface area contributed by atoms with E-state index in [4.69, 9.17) is 4.74 Å². The van der Waals surface area contributed by atoms with Crippen LogP contribution in [0.2, 0.25) is 0 Å². The summed E-state index contributed by atoms with van der Waals surface area (Å²) in [6, 6.07) is 7.54. The van der Waals surface area contributed by atoms with Gasteiger partial charge in [-0.1, -0.05) is 28.1 Å². The first-order valence-corrected chi connectivity index (χ1v) is 7.46. The summed E-state index contributed by atoms with van der Waals surface area (Å²) in [5, 5.41) is 18.4. The van der Waals surface area contributed by atoms with Crippen LogP contribution in [0.25, 0.3) is 0 Å². The van der Waals surface area contributed by atoms with Crippen molar-refractivity contribution < 1.29 is 32.8 Å². The minimum absolute atomic E-state index is 0.0382. The maximum atomic E-state index is 13.0. The van der Waals surface area contributed by atoms with Gasteiger partial charge in [-0.2, -0.15) is 13.2 Å². The van der Waals surface area contributed by atoms with Gasteiger partial charge in [0, 0.05) is 10.0 Å². The Bertz CT molecular complexity index is 750. The normalized spacial score (nSPS) is 11.2. The zero-order chi connectivity index (χ0) is 17.9. The molecule has 0 aliphatic carbocycles.